The van der Waals surface area contributed by atoms with Crippen molar-refractivity contribution >= 4 is 142 Å². The van der Waals surface area contributed by atoms with Gasteiger partial charge in [-0.2, -0.15) is 23.5 Å². The van der Waals surface area contributed by atoms with E-state index in [1.807, 2.05) is 24.0 Å². The molecule has 4 aliphatic rings. The second-order valence-corrected chi connectivity index (χ2v) is 38.7. The van der Waals surface area contributed by atoms with E-state index < -0.39 is 186 Å². The maximum atomic E-state index is 15.4. The lowest BCUT2D eigenvalue weighted by molar-refractivity contribution is -0.148. The van der Waals surface area contributed by atoms with Crippen molar-refractivity contribution in [3.8, 4) is 0 Å². The number of Topliss-reactive ketones (excluding diaryl/α,β-unsaturated/α-hetero) is 2. The number of nitrogens with one attached hydrogen (secondary N) is 11. The van der Waals surface area contributed by atoms with Crippen molar-refractivity contribution in [3.63, 3.8) is 0 Å². The van der Waals surface area contributed by atoms with Gasteiger partial charge in [0.05, 0.1) is 71.2 Å². The van der Waals surface area contributed by atoms with Gasteiger partial charge in [-0.15, -0.1) is 0 Å². The van der Waals surface area contributed by atoms with Crippen LogP contribution in [0.4, 0.5) is 0 Å². The molecule has 3 aromatic carbocycles. The number of aliphatic carboxylic acids is 5. The highest BCUT2D eigenvalue weighted by Crippen LogP contribution is 2.29. The Labute approximate surface area is 862 Å². The van der Waals surface area contributed by atoms with E-state index in [2.05, 4.69) is 53.2 Å². The standard InChI is InChI=1S/C98H145N19O28S2/c1-3-4-20-71(104-80(121)32-29-69(119)19-8-9-46-143-48-50-145-51-49-144-47-14-35-102-81(122)55-112-38-40-113(56-84(127)128)42-44-115(58-86(131)132)45-43-114(41-39-112)57-85(129)130)90(135)110-76-62-147-60-67-18-10-17-66(52-67)59-146-61-75(93(138)107-73(54-83(125)126)79(120)31-26-64-24-27-68(28-25-64)89(134)105-70(88(99)133)21-11-34-103-98(100)101)109-92(137)74(53-65-15-6-5-7-16-65)108-91(136)72(30-33-82(123)124)106-95(140)87(63(2)118)111-94(139)77-22-12-36-116(77)97(142)78-23-13-37-117(78)96(76)141/h5-7,10,15-18,24-25,27-28,52,63,70-78,87,118H,3-4,8-9,11-14,19-23,26,29-51,53-62H2,1-2H3,(H2,99,133)(H,102,122)(H,104,121)(H,105,134)(H,106,140)(H,107,138)(H,108,136)(H,109,137)(H,110,135)(H,111,139)(H,123,124)(H,125,126)(H,127,128)(H,129,130)(H,131,132)(H4,100,101,103)/t63-,70+,71+,72+,73+,74+,75+,76+,77+,78+,87+/m1/s1. The molecule has 0 spiro atoms. The highest BCUT2D eigenvalue weighted by atomic mass is 32.2. The molecule has 7 rings (SSSR count). The van der Waals surface area contributed by atoms with E-state index in [9.17, 15) is 107 Å². The number of amides is 12. The summed E-state index contributed by atoms with van der Waals surface area (Å²) in [5, 5.41) is 93.8. The zero-order valence-electron chi connectivity index (χ0n) is 83.4. The Morgan fingerprint density at radius 2 is 1.05 bits per heavy atom. The number of aliphatic hydroxyl groups is 1. The number of nitrogens with zero attached hydrogens (tertiary/aromatic N) is 6. The molecule has 0 aromatic heterocycles. The number of nitrogens with two attached hydrogens (primary N) is 2. The molecule has 3 fully saturated rings. The molecular weight excluding hydrogens is 1960 g/mol. The summed E-state index contributed by atoms with van der Waals surface area (Å²) in [4.78, 5) is 268. The number of carbonyl (C=O) groups is 19. The Morgan fingerprint density at radius 1 is 0.497 bits per heavy atom. The Kier molecular flexibility index (Phi) is 54.6. The number of ether oxygens (including phenoxy) is 3. The van der Waals surface area contributed by atoms with Crippen LogP contribution in [0.5, 0.6) is 0 Å². The summed E-state index contributed by atoms with van der Waals surface area (Å²) in [6, 6.07) is 6.62. The smallest absolute Gasteiger partial charge is 0.317 e. The molecule has 0 unspecified atom stereocenters. The van der Waals surface area contributed by atoms with Gasteiger partial charge in [0.15, 0.2) is 11.7 Å². The quantitative estimate of drug-likeness (QED) is 0.0170. The Bertz CT molecular complexity index is 4850. The number of primary amides is 1. The molecule has 3 aromatic rings. The summed E-state index contributed by atoms with van der Waals surface area (Å²) in [6.45, 7) is 6.62. The number of hydrogen-bond donors (Lipinski definition) is 19. The molecule has 12 amide bonds. The topological polar surface area (TPSA) is 689 Å². The van der Waals surface area contributed by atoms with Crippen LogP contribution in [-0.4, -0.2) is 401 Å². The molecule has 0 radical (unpaired) electrons. The van der Waals surface area contributed by atoms with Crippen LogP contribution >= 0.6 is 23.5 Å². The Hall–Kier alpha value is -12.4. The van der Waals surface area contributed by atoms with E-state index in [0.29, 0.717) is 100 Å². The summed E-state index contributed by atoms with van der Waals surface area (Å²) >= 11 is 2.37. The van der Waals surface area contributed by atoms with Crippen LogP contribution in [0.2, 0.25) is 0 Å². The number of fused-ring (bicyclic) bond motifs is 4. The van der Waals surface area contributed by atoms with Crippen molar-refractivity contribution in [3.05, 3.63) is 107 Å². The third-order valence-electron chi connectivity index (χ3n) is 24.9. The zero-order valence-corrected chi connectivity index (χ0v) is 85.0. The van der Waals surface area contributed by atoms with Gasteiger partial charge >= 0.3 is 29.8 Å². The molecule has 3 saturated heterocycles. The molecule has 812 valence electrons. The van der Waals surface area contributed by atoms with Gasteiger partial charge in [-0.3, -0.25) is 116 Å². The SMILES string of the molecule is CCCC[C@H](NC(=O)CCC(=O)CCCCOCCOCCOCCCNC(=O)CN1CCN(CC(=O)O)CCN(CC(=O)O)CCN(CC(=O)O)CC1)C(=O)N[C@H]1CSCc2cccc(c2)CSC[C@@H](C(=O)N[C@@H](CC(=O)O)C(=O)CCc2ccc(C(=O)N[C@@H](CCCNC(=N)N)C(N)=O)cc2)NC(=O)[C@H](Cc2ccccc2)NC(=O)[C@H](CCC(=O)O)NC(=O)[C@H]([C@@H](C)O)NC(=O)[C@@H]2CCCN2C(=O)[C@@H]2CCCN2C1=O. The Morgan fingerprint density at radius 3 is 1.62 bits per heavy atom. The lowest BCUT2D eigenvalue weighted by Gasteiger charge is -2.34. The second-order valence-electron chi connectivity index (χ2n) is 36.6. The van der Waals surface area contributed by atoms with Crippen molar-refractivity contribution < 1.29 is 136 Å². The van der Waals surface area contributed by atoms with Crippen molar-refractivity contribution in [2.75, 3.05) is 156 Å². The van der Waals surface area contributed by atoms with Crippen molar-refractivity contribution in [1.82, 2.24) is 82.6 Å². The molecule has 2 bridgehead atoms. The zero-order chi connectivity index (χ0) is 107. The molecule has 21 N–H and O–H groups in total. The van der Waals surface area contributed by atoms with Crippen LogP contribution in [-0.2, 0) is 125 Å². The lowest BCUT2D eigenvalue weighted by Crippen LogP contribution is -2.62. The van der Waals surface area contributed by atoms with Gasteiger partial charge < -0.3 is 119 Å². The first-order valence-electron chi connectivity index (χ1n) is 49.8. The highest BCUT2D eigenvalue weighted by Gasteiger charge is 2.46. The third kappa shape index (κ3) is 46.3. The first-order valence-corrected chi connectivity index (χ1v) is 52.1. The number of ketones is 2. The van der Waals surface area contributed by atoms with Gasteiger partial charge in [0.2, 0.25) is 65.0 Å². The number of guanidine groups is 1. The van der Waals surface area contributed by atoms with Crippen molar-refractivity contribution in [2.24, 2.45) is 11.5 Å². The number of unbranched alkanes of at least 4 members (excludes halogenated alkanes) is 2. The number of carboxylic acid groups (broad SMARTS) is 5. The van der Waals surface area contributed by atoms with E-state index in [4.69, 9.17) is 31.1 Å². The number of aliphatic hydroxyl groups excluding tert-OH is 1. The normalized spacial score (nSPS) is 20.1. The highest BCUT2D eigenvalue weighted by molar-refractivity contribution is 7.98. The fourth-order valence-corrected chi connectivity index (χ4v) is 18.9. The molecular formula is C98H145N19O28S2. The Balaban J connectivity index is 0.986. The van der Waals surface area contributed by atoms with Crippen LogP contribution in [0.15, 0.2) is 78.9 Å². The van der Waals surface area contributed by atoms with Crippen molar-refractivity contribution in [2.45, 2.75) is 227 Å². The molecule has 147 heavy (non-hydrogen) atoms. The molecule has 47 nitrogen and oxygen atoms in total. The summed E-state index contributed by atoms with van der Waals surface area (Å²) in [5.74, 6) is -16.9. The van der Waals surface area contributed by atoms with E-state index in [1.165, 1.54) is 45.8 Å². The number of thioether (sulfide) groups is 2. The molecule has 0 saturated carbocycles. The first-order chi connectivity index (χ1) is 70.3. The minimum atomic E-state index is -1.87. The fourth-order valence-electron chi connectivity index (χ4n) is 16.9. The first kappa shape index (κ1) is 122. The van der Waals surface area contributed by atoms with Gasteiger partial charge in [0.1, 0.15) is 60.2 Å². The van der Waals surface area contributed by atoms with Crippen LogP contribution in [0, 0.1) is 5.41 Å². The van der Waals surface area contributed by atoms with Crippen LogP contribution in [0.3, 0.4) is 0 Å². The molecule has 4 aliphatic heterocycles. The van der Waals surface area contributed by atoms with Gasteiger partial charge in [-0.1, -0.05) is 86.5 Å². The summed E-state index contributed by atoms with van der Waals surface area (Å²) in [5.41, 5.74) is 13.4. The predicted molar refractivity (Wildman–Crippen MR) is 538 cm³/mol. The largest absolute Gasteiger partial charge is 0.481 e. The monoisotopic (exact) mass is 2100 g/mol. The number of carboxylic acids is 5. The summed E-state index contributed by atoms with van der Waals surface area (Å²) in [7, 11) is 0. The van der Waals surface area contributed by atoms with Crippen molar-refractivity contribution in [1.29, 1.82) is 5.41 Å². The lowest BCUT2D eigenvalue weighted by atomic mass is 10.00. The predicted octanol–water partition coefficient (Wildman–Crippen LogP) is -1.70. The number of rotatable bonds is 53. The van der Waals surface area contributed by atoms with Crippen LogP contribution in [0.25, 0.3) is 0 Å². The van der Waals surface area contributed by atoms with Gasteiger partial charge in [-0.25, -0.2) is 0 Å². The number of aryl methyl sites for hydroxylation is 1. The van der Waals surface area contributed by atoms with Crippen LogP contribution < -0.4 is 64.6 Å². The average Bonchev–Trinajstić information content (AvgIpc) is 1.65. The van der Waals surface area contributed by atoms with E-state index in [1.54, 1.807) is 57.2 Å². The number of benzene rings is 3. The maximum absolute atomic E-state index is 15.4. The van der Waals surface area contributed by atoms with Gasteiger partial charge in [-0.05, 0) is 118 Å². The second kappa shape index (κ2) is 66.1. The number of carbonyl (C=O) groups excluding carboxylic acids is 14. The molecule has 49 heteroatoms. The third-order valence-corrected chi connectivity index (χ3v) is 27.1. The van der Waals surface area contributed by atoms with Gasteiger partial charge in [0.25, 0.3) is 5.91 Å². The minimum absolute atomic E-state index is 0.0201. The van der Waals surface area contributed by atoms with E-state index in [-0.39, 0.29) is 228 Å². The van der Waals surface area contributed by atoms with E-state index in [0.717, 1.165) is 18.7 Å². The minimum Gasteiger partial charge on any atom is -0.481 e. The fraction of sp³-hybridized carbons (Fsp3) is 0.612. The summed E-state index contributed by atoms with van der Waals surface area (Å²) < 4.78 is 17.0. The van der Waals surface area contributed by atoms with E-state index >= 15 is 14.4 Å². The van der Waals surface area contributed by atoms with Crippen LogP contribution in [0.1, 0.15) is 168 Å². The number of hydrogen-bond acceptors (Lipinski definition) is 30. The van der Waals surface area contributed by atoms with Gasteiger partial charge in [0, 0.05) is 159 Å². The molecule has 4 heterocycles. The average molecular weight is 2100 g/mol. The molecule has 0 aliphatic carbocycles. The summed E-state index contributed by atoms with van der Waals surface area (Å²) in [6.07, 6.45) is -1.02. The maximum Gasteiger partial charge on any atom is 0.317 e. The molecule has 11 atom stereocenters.